The third-order valence-corrected chi connectivity index (χ3v) is 2.94. The fourth-order valence-corrected chi connectivity index (χ4v) is 1.99. The normalized spacial score (nSPS) is 10.8. The van der Waals surface area contributed by atoms with Crippen molar-refractivity contribution in [2.45, 2.75) is 25.8 Å². The summed E-state index contributed by atoms with van der Waals surface area (Å²) in [6.07, 6.45) is 0.279. The number of aromatic nitrogens is 3. The van der Waals surface area contributed by atoms with E-state index >= 15 is 0 Å². The number of imidazole rings is 1. The highest BCUT2D eigenvalue weighted by molar-refractivity contribution is 6.16. The van der Waals surface area contributed by atoms with Crippen molar-refractivity contribution in [2.75, 3.05) is 7.11 Å². The Labute approximate surface area is 110 Å². The molecular weight excluding hydrogens is 254 g/mol. The largest absolute Gasteiger partial charge is 0.469 e. The fraction of sp³-hybridized carbons (Fsp3) is 0.417. The van der Waals surface area contributed by atoms with E-state index in [1.54, 1.807) is 0 Å². The van der Waals surface area contributed by atoms with E-state index in [-0.39, 0.29) is 18.3 Å². The topological polar surface area (TPSA) is 57.0 Å². The van der Waals surface area contributed by atoms with E-state index in [0.29, 0.717) is 12.4 Å². The van der Waals surface area contributed by atoms with Crippen molar-refractivity contribution in [3.05, 3.63) is 23.7 Å². The first kappa shape index (κ1) is 12.8. The molecule has 0 unspecified atom stereocenters. The number of hydrogen-bond acceptors (Lipinski definition) is 4. The number of hydrogen-bond donors (Lipinski definition) is 0. The zero-order chi connectivity index (χ0) is 13.1. The number of ether oxygens (including phenoxy) is 1. The highest BCUT2D eigenvalue weighted by atomic mass is 35.5. The van der Waals surface area contributed by atoms with Crippen LogP contribution in [0, 0.1) is 6.92 Å². The van der Waals surface area contributed by atoms with Gasteiger partial charge in [-0.15, -0.1) is 11.6 Å². The third-order valence-electron chi connectivity index (χ3n) is 2.70. The summed E-state index contributed by atoms with van der Waals surface area (Å²) in [4.78, 5) is 20.0. The van der Waals surface area contributed by atoms with Gasteiger partial charge in [0.05, 0.1) is 19.4 Å². The second kappa shape index (κ2) is 5.35. The minimum absolute atomic E-state index is 0.259. The number of alkyl halides is 1. The molecular formula is C12H14ClN3O2. The Morgan fingerprint density at radius 2 is 2.22 bits per heavy atom. The van der Waals surface area contributed by atoms with Crippen LogP contribution in [-0.2, 0) is 22.0 Å². The van der Waals surface area contributed by atoms with Crippen molar-refractivity contribution in [1.29, 1.82) is 0 Å². The van der Waals surface area contributed by atoms with Gasteiger partial charge in [0.1, 0.15) is 11.3 Å². The number of carbonyl (C=O) groups is 1. The minimum Gasteiger partial charge on any atom is -0.469 e. The van der Waals surface area contributed by atoms with Crippen LogP contribution in [0.25, 0.3) is 11.2 Å². The smallest absolute Gasteiger partial charge is 0.307 e. The Balaban J connectivity index is 2.39. The lowest BCUT2D eigenvalue weighted by Gasteiger charge is -2.06. The summed E-state index contributed by atoms with van der Waals surface area (Å²) < 4.78 is 6.50. The van der Waals surface area contributed by atoms with Crippen LogP contribution in [0.3, 0.4) is 0 Å². The van der Waals surface area contributed by atoms with Crippen LogP contribution in [0.1, 0.15) is 17.9 Å². The summed E-state index contributed by atoms with van der Waals surface area (Å²) in [5.74, 6) is 0.745. The van der Waals surface area contributed by atoms with E-state index in [9.17, 15) is 4.79 Å². The molecule has 0 atom stereocenters. The Morgan fingerprint density at radius 1 is 1.44 bits per heavy atom. The lowest BCUT2D eigenvalue weighted by molar-refractivity contribution is -0.140. The second-order valence-electron chi connectivity index (χ2n) is 3.93. The maximum atomic E-state index is 11.2. The fourth-order valence-electron chi connectivity index (χ4n) is 1.79. The zero-order valence-electron chi connectivity index (χ0n) is 10.3. The Morgan fingerprint density at radius 3 is 2.89 bits per heavy atom. The predicted octanol–water partition coefficient (Wildman–Crippen LogP) is 2.04. The predicted molar refractivity (Wildman–Crippen MR) is 68.5 cm³/mol. The number of esters is 1. The maximum absolute atomic E-state index is 11.2. The van der Waals surface area contributed by atoms with Crippen LogP contribution in [-0.4, -0.2) is 27.6 Å². The molecule has 5 nitrogen and oxygen atoms in total. The molecule has 96 valence electrons. The molecule has 0 bridgehead atoms. The van der Waals surface area contributed by atoms with Gasteiger partial charge in [0.15, 0.2) is 5.65 Å². The lowest BCUT2D eigenvalue weighted by Crippen LogP contribution is -2.09. The lowest BCUT2D eigenvalue weighted by atomic mass is 10.3. The molecule has 2 aromatic heterocycles. The van der Waals surface area contributed by atoms with Crippen molar-refractivity contribution in [3.63, 3.8) is 0 Å². The van der Waals surface area contributed by atoms with E-state index in [1.807, 2.05) is 23.6 Å². The van der Waals surface area contributed by atoms with Gasteiger partial charge in [0, 0.05) is 12.2 Å². The molecule has 0 saturated heterocycles. The molecule has 0 N–H and O–H groups in total. The van der Waals surface area contributed by atoms with Crippen LogP contribution >= 0.6 is 11.6 Å². The molecule has 2 aromatic rings. The molecule has 0 aliphatic rings. The van der Waals surface area contributed by atoms with E-state index in [4.69, 9.17) is 11.6 Å². The van der Waals surface area contributed by atoms with Crippen molar-refractivity contribution in [3.8, 4) is 0 Å². The maximum Gasteiger partial charge on any atom is 0.307 e. The van der Waals surface area contributed by atoms with Crippen molar-refractivity contribution >= 4 is 28.7 Å². The van der Waals surface area contributed by atoms with Gasteiger partial charge in [-0.1, -0.05) is 0 Å². The summed E-state index contributed by atoms with van der Waals surface area (Å²) in [5, 5.41) is 0. The number of fused-ring (bicyclic) bond motifs is 1. The van der Waals surface area contributed by atoms with Gasteiger partial charge in [-0.25, -0.2) is 9.97 Å². The Kier molecular flexibility index (Phi) is 3.81. The van der Waals surface area contributed by atoms with Gasteiger partial charge in [-0.05, 0) is 19.1 Å². The molecule has 2 rings (SSSR count). The van der Waals surface area contributed by atoms with Crippen molar-refractivity contribution < 1.29 is 9.53 Å². The number of methoxy groups -OCH3 is 1. The number of pyridine rings is 1. The highest BCUT2D eigenvalue weighted by Gasteiger charge is 2.12. The summed E-state index contributed by atoms with van der Waals surface area (Å²) >= 11 is 5.87. The second-order valence-corrected chi connectivity index (χ2v) is 4.20. The molecule has 0 spiro atoms. The van der Waals surface area contributed by atoms with Gasteiger partial charge in [0.25, 0.3) is 0 Å². The first-order chi connectivity index (χ1) is 8.65. The monoisotopic (exact) mass is 267 g/mol. The molecule has 0 radical (unpaired) electrons. The van der Waals surface area contributed by atoms with Gasteiger partial charge >= 0.3 is 5.97 Å². The average Bonchev–Trinajstić information content (AvgIpc) is 2.73. The summed E-state index contributed by atoms with van der Waals surface area (Å²) in [6.45, 7) is 2.39. The van der Waals surface area contributed by atoms with E-state index in [1.165, 1.54) is 7.11 Å². The Bertz CT molecular complexity index is 580. The van der Waals surface area contributed by atoms with Crippen LogP contribution < -0.4 is 0 Å². The van der Waals surface area contributed by atoms with E-state index in [2.05, 4.69) is 14.7 Å². The van der Waals surface area contributed by atoms with Gasteiger partial charge < -0.3 is 9.30 Å². The molecule has 0 aliphatic carbocycles. The summed E-state index contributed by atoms with van der Waals surface area (Å²) in [6, 6.07) is 3.81. The SMILES string of the molecule is COC(=O)CCn1c(CCl)nc2ccc(C)nc21. The van der Waals surface area contributed by atoms with E-state index in [0.717, 1.165) is 16.9 Å². The van der Waals surface area contributed by atoms with Crippen LogP contribution in [0.15, 0.2) is 12.1 Å². The molecule has 0 aliphatic heterocycles. The zero-order valence-corrected chi connectivity index (χ0v) is 11.1. The number of nitrogens with zero attached hydrogens (tertiary/aromatic N) is 3. The first-order valence-corrected chi connectivity index (χ1v) is 6.14. The van der Waals surface area contributed by atoms with E-state index < -0.39 is 0 Å². The van der Waals surface area contributed by atoms with Crippen LogP contribution in [0.5, 0.6) is 0 Å². The van der Waals surface area contributed by atoms with Crippen molar-refractivity contribution in [2.24, 2.45) is 0 Å². The molecule has 6 heteroatoms. The van der Waals surface area contributed by atoms with Crippen molar-refractivity contribution in [1.82, 2.24) is 14.5 Å². The first-order valence-electron chi connectivity index (χ1n) is 5.61. The van der Waals surface area contributed by atoms with Crippen LogP contribution in [0.2, 0.25) is 0 Å². The average molecular weight is 268 g/mol. The third kappa shape index (κ3) is 2.46. The highest BCUT2D eigenvalue weighted by Crippen LogP contribution is 2.17. The summed E-state index contributed by atoms with van der Waals surface area (Å²) in [5.41, 5.74) is 2.46. The standard InChI is InChI=1S/C12H14ClN3O2/c1-8-3-4-9-12(14-8)16(10(7-13)15-9)6-5-11(17)18-2/h3-4H,5-7H2,1-2H3. The molecule has 18 heavy (non-hydrogen) atoms. The molecule has 0 saturated carbocycles. The van der Waals surface area contributed by atoms with Gasteiger partial charge in [-0.3, -0.25) is 4.79 Å². The van der Waals surface area contributed by atoms with Gasteiger partial charge in [0.2, 0.25) is 0 Å². The molecule has 0 amide bonds. The Hall–Kier alpha value is -1.62. The quantitative estimate of drug-likeness (QED) is 0.628. The summed E-state index contributed by atoms with van der Waals surface area (Å²) in [7, 11) is 1.37. The number of halogens is 1. The van der Waals surface area contributed by atoms with Gasteiger partial charge in [-0.2, -0.15) is 0 Å². The molecule has 0 aromatic carbocycles. The van der Waals surface area contributed by atoms with Crippen LogP contribution in [0.4, 0.5) is 0 Å². The number of aryl methyl sites for hydroxylation is 2. The molecule has 0 fully saturated rings. The minimum atomic E-state index is -0.259. The molecule has 2 heterocycles. The number of rotatable bonds is 4. The number of carbonyl (C=O) groups excluding carboxylic acids is 1.